The van der Waals surface area contributed by atoms with Gasteiger partial charge in [-0.1, -0.05) is 17.7 Å². The van der Waals surface area contributed by atoms with Crippen LogP contribution in [0.3, 0.4) is 0 Å². The highest BCUT2D eigenvalue weighted by Crippen LogP contribution is 2.57. The summed E-state index contributed by atoms with van der Waals surface area (Å²) in [4.78, 5) is 25.5. The Labute approximate surface area is 190 Å². The molecule has 2 aromatic heterocycles. The van der Waals surface area contributed by atoms with Gasteiger partial charge in [-0.25, -0.2) is 9.97 Å². The van der Waals surface area contributed by atoms with Crippen LogP contribution in [0.15, 0.2) is 29.6 Å². The molecule has 3 fully saturated rings. The maximum atomic E-state index is 13.1. The van der Waals surface area contributed by atoms with Crippen LogP contribution in [0.5, 0.6) is 0 Å². The average Bonchev–Trinajstić information content (AvgIpc) is 3.24. The summed E-state index contributed by atoms with van der Waals surface area (Å²) in [6.45, 7) is 3.57. The number of aromatic nitrogens is 2. The highest BCUT2D eigenvalue weighted by Gasteiger charge is 2.43. The zero-order chi connectivity index (χ0) is 21.1. The summed E-state index contributed by atoms with van der Waals surface area (Å²) in [5.74, 6) is 1.64. The lowest BCUT2D eigenvalue weighted by Gasteiger charge is -2.24. The Kier molecular flexibility index (Phi) is 4.78. The van der Waals surface area contributed by atoms with Crippen molar-refractivity contribution >= 4 is 39.1 Å². The van der Waals surface area contributed by atoms with Gasteiger partial charge in [0.1, 0.15) is 10.7 Å². The smallest absolute Gasteiger partial charge is 0.253 e. The van der Waals surface area contributed by atoms with E-state index >= 15 is 0 Å². The number of carbonyl (C=O) groups excluding carboxylic acids is 1. The highest BCUT2D eigenvalue weighted by atomic mass is 35.5. The number of fused-ring (bicyclic) bond motifs is 3. The number of carbonyl (C=O) groups is 1. The van der Waals surface area contributed by atoms with Gasteiger partial charge >= 0.3 is 0 Å². The molecule has 31 heavy (non-hydrogen) atoms. The quantitative estimate of drug-likeness (QED) is 0.614. The van der Waals surface area contributed by atoms with E-state index in [1.165, 1.54) is 6.42 Å². The Hall–Kier alpha value is -2.02. The number of amides is 1. The molecule has 0 spiro atoms. The van der Waals surface area contributed by atoms with Crippen molar-refractivity contribution in [1.82, 2.24) is 20.2 Å². The zero-order valence-electron chi connectivity index (χ0n) is 17.5. The van der Waals surface area contributed by atoms with Crippen molar-refractivity contribution in [2.45, 2.75) is 56.5 Å². The maximum Gasteiger partial charge on any atom is 0.253 e. The largest absolute Gasteiger partial charge is 0.337 e. The van der Waals surface area contributed by atoms with Crippen molar-refractivity contribution in [2.24, 2.45) is 0 Å². The molecule has 6 rings (SSSR count). The standard InChI is InChI=1S/C24H25ClN4OS/c1-13-26-22(18-7-9-31-23(18)27-13)20-11-19(20)17-5-2-14(10-21(17)25)24(30)29-8-6-15-3-4-16(12-29)28-15/h2,5,7,9-10,15-16,19-20,28H,3-4,6,8,11-12H2,1H3/t15-,16+,19+,20-/m1/s1. The van der Waals surface area contributed by atoms with E-state index in [9.17, 15) is 4.79 Å². The number of likely N-dealkylation sites (tertiary alicyclic amines) is 1. The minimum absolute atomic E-state index is 0.0987. The molecule has 3 aromatic rings. The molecular formula is C24H25ClN4OS. The van der Waals surface area contributed by atoms with E-state index in [4.69, 9.17) is 16.6 Å². The Morgan fingerprint density at radius 3 is 2.90 bits per heavy atom. The lowest BCUT2D eigenvalue weighted by Crippen LogP contribution is -2.39. The SMILES string of the molecule is Cc1nc([C@@H]2C[C@H]2c2ccc(C(=O)N3CC[C@H]4CC[C@@H](C3)N4)cc2Cl)c2ccsc2n1. The predicted molar refractivity (Wildman–Crippen MR) is 124 cm³/mol. The molecule has 1 aliphatic carbocycles. The van der Waals surface area contributed by atoms with Crippen LogP contribution in [0.4, 0.5) is 0 Å². The molecule has 2 aliphatic heterocycles. The van der Waals surface area contributed by atoms with E-state index in [2.05, 4.69) is 27.8 Å². The zero-order valence-corrected chi connectivity index (χ0v) is 19.0. The molecule has 1 amide bonds. The minimum Gasteiger partial charge on any atom is -0.337 e. The number of hydrogen-bond acceptors (Lipinski definition) is 5. The van der Waals surface area contributed by atoms with Crippen LogP contribution in [-0.4, -0.2) is 45.9 Å². The van der Waals surface area contributed by atoms with E-state index < -0.39 is 0 Å². The fourth-order valence-electron chi connectivity index (χ4n) is 5.38. The van der Waals surface area contributed by atoms with Gasteiger partial charge in [-0.05, 0) is 67.7 Å². The van der Waals surface area contributed by atoms with Gasteiger partial charge in [-0.3, -0.25) is 4.79 Å². The van der Waals surface area contributed by atoms with Crippen LogP contribution >= 0.6 is 22.9 Å². The highest BCUT2D eigenvalue weighted by molar-refractivity contribution is 7.16. The van der Waals surface area contributed by atoms with Gasteiger partial charge in [0.2, 0.25) is 0 Å². The van der Waals surface area contributed by atoms with Gasteiger partial charge < -0.3 is 10.2 Å². The molecule has 4 atom stereocenters. The Bertz CT molecular complexity index is 1180. The molecule has 3 aliphatic rings. The molecule has 1 saturated carbocycles. The second-order valence-electron chi connectivity index (χ2n) is 9.16. The van der Waals surface area contributed by atoms with Crippen LogP contribution < -0.4 is 5.32 Å². The molecule has 7 heteroatoms. The first-order chi connectivity index (χ1) is 15.1. The molecule has 2 saturated heterocycles. The molecule has 1 aromatic carbocycles. The fraction of sp³-hybridized carbons (Fsp3) is 0.458. The minimum atomic E-state index is 0.0987. The van der Waals surface area contributed by atoms with Crippen molar-refractivity contribution in [3.63, 3.8) is 0 Å². The lowest BCUT2D eigenvalue weighted by atomic mass is 10.0. The van der Waals surface area contributed by atoms with E-state index in [0.29, 0.717) is 34.5 Å². The van der Waals surface area contributed by atoms with Crippen LogP contribution in [0.25, 0.3) is 10.2 Å². The third kappa shape index (κ3) is 3.55. The Balaban J connectivity index is 1.22. The summed E-state index contributed by atoms with van der Waals surface area (Å²) in [5.41, 5.74) is 2.96. The van der Waals surface area contributed by atoms with Crippen LogP contribution in [0, 0.1) is 6.92 Å². The summed E-state index contributed by atoms with van der Waals surface area (Å²) in [7, 11) is 0. The van der Waals surface area contributed by atoms with Crippen LogP contribution in [0.1, 0.15) is 65.0 Å². The van der Waals surface area contributed by atoms with Gasteiger partial charge in [0.15, 0.2) is 0 Å². The number of benzene rings is 1. The third-order valence-electron chi connectivity index (χ3n) is 7.07. The Morgan fingerprint density at radius 2 is 2.03 bits per heavy atom. The first kappa shape index (κ1) is 19.6. The molecule has 2 bridgehead atoms. The lowest BCUT2D eigenvalue weighted by molar-refractivity contribution is 0.0748. The van der Waals surface area contributed by atoms with Crippen molar-refractivity contribution in [3.05, 3.63) is 57.3 Å². The normalized spacial score (nSPS) is 27.5. The van der Waals surface area contributed by atoms with Gasteiger partial charge in [-0.2, -0.15) is 0 Å². The number of thiophene rings is 1. The first-order valence-electron chi connectivity index (χ1n) is 11.1. The molecule has 160 valence electrons. The number of aryl methyl sites for hydroxylation is 1. The third-order valence-corrected chi connectivity index (χ3v) is 8.20. The van der Waals surface area contributed by atoms with Crippen molar-refractivity contribution < 1.29 is 4.79 Å². The topological polar surface area (TPSA) is 58.1 Å². The van der Waals surface area contributed by atoms with Gasteiger partial charge in [0, 0.05) is 47.1 Å². The molecule has 0 radical (unpaired) electrons. The van der Waals surface area contributed by atoms with Crippen molar-refractivity contribution in [1.29, 1.82) is 0 Å². The maximum absolute atomic E-state index is 13.1. The molecule has 1 N–H and O–H groups in total. The summed E-state index contributed by atoms with van der Waals surface area (Å²) in [6, 6.07) is 9.01. The van der Waals surface area contributed by atoms with Crippen molar-refractivity contribution in [2.75, 3.05) is 13.1 Å². The average molecular weight is 453 g/mol. The van der Waals surface area contributed by atoms with Gasteiger partial charge in [0.05, 0.1) is 5.69 Å². The summed E-state index contributed by atoms with van der Waals surface area (Å²) in [5, 5.41) is 7.58. The van der Waals surface area contributed by atoms with Gasteiger partial charge in [0.25, 0.3) is 5.91 Å². The van der Waals surface area contributed by atoms with E-state index in [0.717, 1.165) is 59.7 Å². The van der Waals surface area contributed by atoms with Crippen molar-refractivity contribution in [3.8, 4) is 0 Å². The second-order valence-corrected chi connectivity index (χ2v) is 10.5. The van der Waals surface area contributed by atoms with E-state index in [-0.39, 0.29) is 5.91 Å². The number of hydrogen-bond donors (Lipinski definition) is 1. The molecule has 4 heterocycles. The molecular weight excluding hydrogens is 428 g/mol. The van der Waals surface area contributed by atoms with Crippen LogP contribution in [-0.2, 0) is 0 Å². The van der Waals surface area contributed by atoms with Gasteiger partial charge in [-0.15, -0.1) is 11.3 Å². The molecule has 0 unspecified atom stereocenters. The second kappa shape index (κ2) is 7.54. The van der Waals surface area contributed by atoms with E-state index in [1.807, 2.05) is 24.0 Å². The Morgan fingerprint density at radius 1 is 1.16 bits per heavy atom. The summed E-state index contributed by atoms with van der Waals surface area (Å²) >= 11 is 8.37. The number of nitrogens with zero attached hydrogens (tertiary/aromatic N) is 3. The summed E-state index contributed by atoms with van der Waals surface area (Å²) in [6.07, 6.45) is 4.47. The number of nitrogens with one attached hydrogen (secondary N) is 1. The first-order valence-corrected chi connectivity index (χ1v) is 12.4. The van der Waals surface area contributed by atoms with E-state index in [1.54, 1.807) is 11.3 Å². The number of halogens is 1. The molecule has 5 nitrogen and oxygen atoms in total. The van der Waals surface area contributed by atoms with Crippen LogP contribution in [0.2, 0.25) is 5.02 Å². The fourth-order valence-corrected chi connectivity index (χ4v) is 6.52. The summed E-state index contributed by atoms with van der Waals surface area (Å²) < 4.78 is 0. The number of rotatable bonds is 3. The monoisotopic (exact) mass is 452 g/mol. The predicted octanol–water partition coefficient (Wildman–Crippen LogP) is 4.89.